The SMILES string of the molecule is O=C([C@@H]1CC(O)CN1)N1CC1. The second-order valence-corrected chi connectivity index (χ2v) is 3.18. The zero-order valence-electron chi connectivity index (χ0n) is 6.29. The lowest BCUT2D eigenvalue weighted by Gasteiger charge is -2.08. The molecule has 0 aromatic carbocycles. The molecule has 11 heavy (non-hydrogen) atoms. The highest BCUT2D eigenvalue weighted by Gasteiger charge is 2.35. The summed E-state index contributed by atoms with van der Waals surface area (Å²) >= 11 is 0. The molecule has 4 nitrogen and oxygen atoms in total. The average molecular weight is 156 g/mol. The highest BCUT2D eigenvalue weighted by atomic mass is 16.3. The fourth-order valence-corrected chi connectivity index (χ4v) is 1.40. The number of nitrogens with zero attached hydrogens (tertiary/aromatic N) is 1. The third-order valence-corrected chi connectivity index (χ3v) is 2.16. The minimum Gasteiger partial charge on any atom is -0.392 e. The fourth-order valence-electron chi connectivity index (χ4n) is 1.40. The highest BCUT2D eigenvalue weighted by Crippen LogP contribution is 2.13. The van der Waals surface area contributed by atoms with E-state index in [4.69, 9.17) is 5.11 Å². The normalized spacial score (nSPS) is 35.9. The van der Waals surface area contributed by atoms with Crippen LogP contribution in [0.25, 0.3) is 0 Å². The summed E-state index contributed by atoms with van der Waals surface area (Å²) < 4.78 is 0. The predicted molar refractivity (Wildman–Crippen MR) is 39.0 cm³/mol. The van der Waals surface area contributed by atoms with Gasteiger partial charge in [-0.25, -0.2) is 0 Å². The van der Waals surface area contributed by atoms with Crippen LogP contribution in [-0.2, 0) is 4.79 Å². The maximum atomic E-state index is 11.3. The maximum absolute atomic E-state index is 11.3. The van der Waals surface area contributed by atoms with E-state index in [0.717, 1.165) is 13.1 Å². The molecule has 2 atom stereocenters. The Bertz CT molecular complexity index is 179. The van der Waals surface area contributed by atoms with Crippen LogP contribution in [0.4, 0.5) is 0 Å². The molecule has 2 aliphatic rings. The van der Waals surface area contributed by atoms with Crippen LogP contribution in [0, 0.1) is 0 Å². The summed E-state index contributed by atoms with van der Waals surface area (Å²) in [5.74, 6) is 0.154. The molecule has 1 unspecified atom stereocenters. The van der Waals surface area contributed by atoms with Crippen molar-refractivity contribution in [3.05, 3.63) is 0 Å². The Morgan fingerprint density at radius 2 is 2.27 bits per heavy atom. The summed E-state index contributed by atoms with van der Waals surface area (Å²) in [5, 5.41) is 12.1. The van der Waals surface area contributed by atoms with Gasteiger partial charge in [0.15, 0.2) is 0 Å². The van der Waals surface area contributed by atoms with Crippen molar-refractivity contribution in [1.82, 2.24) is 10.2 Å². The van der Waals surface area contributed by atoms with E-state index in [1.54, 1.807) is 4.90 Å². The van der Waals surface area contributed by atoms with Gasteiger partial charge in [0.05, 0.1) is 12.1 Å². The largest absolute Gasteiger partial charge is 0.392 e. The monoisotopic (exact) mass is 156 g/mol. The highest BCUT2D eigenvalue weighted by molar-refractivity contribution is 5.84. The van der Waals surface area contributed by atoms with Crippen LogP contribution in [0.2, 0.25) is 0 Å². The van der Waals surface area contributed by atoms with Gasteiger partial charge in [0.25, 0.3) is 0 Å². The summed E-state index contributed by atoms with van der Waals surface area (Å²) in [6, 6.07) is -0.118. The van der Waals surface area contributed by atoms with Crippen LogP contribution in [-0.4, -0.2) is 47.7 Å². The predicted octanol–water partition coefficient (Wildman–Crippen LogP) is -1.45. The van der Waals surface area contributed by atoms with Gasteiger partial charge in [-0.2, -0.15) is 0 Å². The van der Waals surface area contributed by atoms with Gasteiger partial charge < -0.3 is 15.3 Å². The molecule has 0 aromatic rings. The first-order chi connectivity index (χ1) is 5.27. The van der Waals surface area contributed by atoms with Crippen LogP contribution in [0.15, 0.2) is 0 Å². The van der Waals surface area contributed by atoms with Gasteiger partial charge in [-0.3, -0.25) is 4.79 Å². The molecular weight excluding hydrogens is 144 g/mol. The molecule has 0 radical (unpaired) electrons. The summed E-state index contributed by atoms with van der Waals surface area (Å²) in [7, 11) is 0. The van der Waals surface area contributed by atoms with Crippen molar-refractivity contribution in [1.29, 1.82) is 0 Å². The number of aliphatic hydroxyl groups excluding tert-OH is 1. The molecule has 2 heterocycles. The number of aliphatic hydroxyl groups is 1. The minimum atomic E-state index is -0.330. The fraction of sp³-hybridized carbons (Fsp3) is 0.857. The van der Waals surface area contributed by atoms with Gasteiger partial charge in [0, 0.05) is 19.6 Å². The average Bonchev–Trinajstić information content (AvgIpc) is 2.74. The lowest BCUT2D eigenvalue weighted by atomic mass is 10.2. The quantitative estimate of drug-likeness (QED) is 0.457. The van der Waals surface area contributed by atoms with Crippen LogP contribution in [0.1, 0.15) is 6.42 Å². The second-order valence-electron chi connectivity index (χ2n) is 3.18. The van der Waals surface area contributed by atoms with E-state index in [0.29, 0.717) is 13.0 Å². The zero-order chi connectivity index (χ0) is 7.84. The lowest BCUT2D eigenvalue weighted by molar-refractivity contribution is -0.127. The summed E-state index contributed by atoms with van der Waals surface area (Å²) in [6.45, 7) is 2.35. The molecule has 1 amide bonds. The Morgan fingerprint density at radius 3 is 2.73 bits per heavy atom. The van der Waals surface area contributed by atoms with Crippen molar-refractivity contribution in [2.24, 2.45) is 0 Å². The molecule has 2 aliphatic heterocycles. The standard InChI is InChI=1S/C7H12N2O2/c10-5-3-6(8-4-5)7(11)9-1-2-9/h5-6,8,10H,1-4H2/t5?,6-/m0/s1. The van der Waals surface area contributed by atoms with E-state index in [1.165, 1.54) is 0 Å². The molecule has 2 rings (SSSR count). The Kier molecular flexibility index (Phi) is 1.58. The van der Waals surface area contributed by atoms with Crippen molar-refractivity contribution < 1.29 is 9.90 Å². The number of hydrogen-bond acceptors (Lipinski definition) is 3. The van der Waals surface area contributed by atoms with Gasteiger partial charge >= 0.3 is 0 Å². The van der Waals surface area contributed by atoms with Crippen molar-refractivity contribution in [3.8, 4) is 0 Å². The molecule has 2 fully saturated rings. The van der Waals surface area contributed by atoms with Gasteiger partial charge in [-0.1, -0.05) is 0 Å². The number of carbonyl (C=O) groups is 1. The zero-order valence-corrected chi connectivity index (χ0v) is 6.29. The Labute approximate surface area is 65.2 Å². The first-order valence-corrected chi connectivity index (χ1v) is 3.97. The van der Waals surface area contributed by atoms with Crippen LogP contribution in [0.3, 0.4) is 0 Å². The summed E-state index contributed by atoms with van der Waals surface area (Å²) in [6.07, 6.45) is 0.249. The second kappa shape index (κ2) is 2.46. The van der Waals surface area contributed by atoms with Crippen molar-refractivity contribution in [2.75, 3.05) is 19.6 Å². The molecule has 62 valence electrons. The molecule has 0 spiro atoms. The third-order valence-electron chi connectivity index (χ3n) is 2.16. The number of nitrogens with one attached hydrogen (secondary N) is 1. The van der Waals surface area contributed by atoms with Crippen LogP contribution in [0.5, 0.6) is 0 Å². The smallest absolute Gasteiger partial charge is 0.239 e. The number of β-amino-alcohol motifs (C(OH)–C–C–N with tert-alkyl or cyclic N) is 1. The van der Waals surface area contributed by atoms with Gasteiger partial charge in [-0.05, 0) is 6.42 Å². The maximum Gasteiger partial charge on any atom is 0.239 e. The van der Waals surface area contributed by atoms with E-state index >= 15 is 0 Å². The molecule has 2 N–H and O–H groups in total. The Balaban J connectivity index is 1.89. The molecular formula is C7H12N2O2. The Hall–Kier alpha value is -0.610. The lowest BCUT2D eigenvalue weighted by Crippen LogP contribution is -2.35. The Morgan fingerprint density at radius 1 is 1.55 bits per heavy atom. The van der Waals surface area contributed by atoms with E-state index in [9.17, 15) is 4.79 Å². The van der Waals surface area contributed by atoms with Crippen molar-refractivity contribution >= 4 is 5.91 Å². The van der Waals surface area contributed by atoms with Crippen LogP contribution < -0.4 is 5.32 Å². The molecule has 0 saturated carbocycles. The molecule has 4 heteroatoms. The van der Waals surface area contributed by atoms with Crippen molar-refractivity contribution in [3.63, 3.8) is 0 Å². The van der Waals surface area contributed by atoms with E-state index < -0.39 is 0 Å². The molecule has 0 aromatic heterocycles. The molecule has 0 bridgehead atoms. The minimum absolute atomic E-state index is 0.118. The first kappa shape index (κ1) is 7.06. The number of amides is 1. The van der Waals surface area contributed by atoms with Crippen LogP contribution >= 0.6 is 0 Å². The molecule has 0 aliphatic carbocycles. The van der Waals surface area contributed by atoms with E-state index in [1.807, 2.05) is 0 Å². The topological polar surface area (TPSA) is 52.3 Å². The van der Waals surface area contributed by atoms with E-state index in [-0.39, 0.29) is 18.1 Å². The summed E-state index contributed by atoms with van der Waals surface area (Å²) in [5.41, 5.74) is 0. The first-order valence-electron chi connectivity index (χ1n) is 3.97. The number of rotatable bonds is 1. The molecule has 2 saturated heterocycles. The summed E-state index contributed by atoms with van der Waals surface area (Å²) in [4.78, 5) is 13.1. The van der Waals surface area contributed by atoms with Gasteiger partial charge in [-0.15, -0.1) is 0 Å². The van der Waals surface area contributed by atoms with Crippen molar-refractivity contribution in [2.45, 2.75) is 18.6 Å². The van der Waals surface area contributed by atoms with Gasteiger partial charge in [0.1, 0.15) is 0 Å². The number of carbonyl (C=O) groups excluding carboxylic acids is 1. The van der Waals surface area contributed by atoms with E-state index in [2.05, 4.69) is 5.32 Å². The van der Waals surface area contributed by atoms with Gasteiger partial charge in [0.2, 0.25) is 5.91 Å². The number of hydrogen-bond donors (Lipinski definition) is 2. The third kappa shape index (κ3) is 1.36.